The first-order valence-corrected chi connectivity index (χ1v) is 7.85. The van der Waals surface area contributed by atoms with E-state index >= 15 is 0 Å². The van der Waals surface area contributed by atoms with Gasteiger partial charge >= 0.3 is 5.97 Å². The van der Waals surface area contributed by atoms with Gasteiger partial charge in [-0.3, -0.25) is 9.59 Å². The Morgan fingerprint density at radius 3 is 2.44 bits per heavy atom. The van der Waals surface area contributed by atoms with Gasteiger partial charge < -0.3 is 10.0 Å². The highest BCUT2D eigenvalue weighted by Crippen LogP contribution is 2.14. The van der Waals surface area contributed by atoms with E-state index in [1.807, 2.05) is 31.2 Å². The fraction of sp³-hybridized carbons (Fsp3) is 0.263. The number of hydrogen-bond donors (Lipinski definition) is 1. The second kappa shape index (κ2) is 8.37. The van der Waals surface area contributed by atoms with Gasteiger partial charge in [-0.2, -0.15) is 0 Å². The predicted molar refractivity (Wildman–Crippen MR) is 88.9 cm³/mol. The summed E-state index contributed by atoms with van der Waals surface area (Å²) in [7, 11) is 0. The Labute approximate surface area is 144 Å². The molecule has 2 aromatic rings. The van der Waals surface area contributed by atoms with Gasteiger partial charge in [-0.1, -0.05) is 30.3 Å². The van der Waals surface area contributed by atoms with Crippen LogP contribution in [0.5, 0.6) is 0 Å². The second-order valence-corrected chi connectivity index (χ2v) is 5.81. The Morgan fingerprint density at radius 1 is 1.08 bits per heavy atom. The van der Waals surface area contributed by atoms with Gasteiger partial charge in [-0.25, -0.2) is 8.78 Å². The highest BCUT2D eigenvalue weighted by molar-refractivity contribution is 5.79. The summed E-state index contributed by atoms with van der Waals surface area (Å²) in [6.07, 6.45) is -0.0981. The quantitative estimate of drug-likeness (QED) is 0.836. The van der Waals surface area contributed by atoms with E-state index in [4.69, 9.17) is 5.11 Å². The molecule has 0 aliphatic rings. The van der Waals surface area contributed by atoms with Crippen molar-refractivity contribution in [3.05, 3.63) is 70.8 Å². The molecule has 0 radical (unpaired) electrons. The number of hydrogen-bond acceptors (Lipinski definition) is 2. The molecular weight excluding hydrogens is 328 g/mol. The minimum Gasteiger partial charge on any atom is -0.481 e. The van der Waals surface area contributed by atoms with Gasteiger partial charge in [-0.05, 0) is 35.7 Å². The maximum Gasteiger partial charge on any atom is 0.305 e. The molecule has 1 amide bonds. The minimum atomic E-state index is -1.03. The maximum atomic E-state index is 13.4. The van der Waals surface area contributed by atoms with E-state index in [0.717, 1.165) is 23.3 Å². The monoisotopic (exact) mass is 347 g/mol. The van der Waals surface area contributed by atoms with Gasteiger partial charge in [0, 0.05) is 13.1 Å². The van der Waals surface area contributed by atoms with E-state index in [1.165, 1.54) is 11.0 Å². The standard InChI is InChI=1S/C19H19F2NO3/c1-13-4-2-3-5-15(13)11-18(23)22(9-8-19(24)25)12-14-6-7-16(20)17(21)10-14/h2-7,10H,8-9,11-12H2,1H3,(H,24,25). The zero-order valence-electron chi connectivity index (χ0n) is 13.8. The summed E-state index contributed by atoms with van der Waals surface area (Å²) >= 11 is 0. The van der Waals surface area contributed by atoms with Gasteiger partial charge in [0.2, 0.25) is 5.91 Å². The Balaban J connectivity index is 2.16. The second-order valence-electron chi connectivity index (χ2n) is 5.81. The van der Waals surface area contributed by atoms with Gasteiger partial charge in [0.05, 0.1) is 12.8 Å². The van der Waals surface area contributed by atoms with Crippen LogP contribution in [0.4, 0.5) is 8.78 Å². The summed E-state index contributed by atoms with van der Waals surface area (Å²) in [5, 5.41) is 8.88. The average Bonchev–Trinajstić information content (AvgIpc) is 2.56. The summed E-state index contributed by atoms with van der Waals surface area (Å²) in [6.45, 7) is 1.91. The van der Waals surface area contributed by atoms with E-state index < -0.39 is 17.6 Å². The molecule has 0 heterocycles. The Bertz CT molecular complexity index is 777. The van der Waals surface area contributed by atoms with E-state index in [1.54, 1.807) is 0 Å². The lowest BCUT2D eigenvalue weighted by molar-refractivity contribution is -0.138. The third kappa shape index (κ3) is 5.38. The lowest BCUT2D eigenvalue weighted by atomic mass is 10.0. The number of rotatable bonds is 7. The Kier molecular flexibility index (Phi) is 6.22. The number of aryl methyl sites for hydroxylation is 1. The molecule has 0 aliphatic heterocycles. The van der Waals surface area contributed by atoms with E-state index in [0.29, 0.717) is 5.56 Å². The van der Waals surface area contributed by atoms with Crippen LogP contribution in [0.3, 0.4) is 0 Å². The van der Waals surface area contributed by atoms with Crippen LogP contribution in [0.25, 0.3) is 0 Å². The minimum absolute atomic E-state index is 0.000949. The molecule has 0 spiro atoms. The Morgan fingerprint density at radius 2 is 1.80 bits per heavy atom. The lowest BCUT2D eigenvalue weighted by Gasteiger charge is -2.23. The zero-order valence-corrected chi connectivity index (χ0v) is 13.8. The first-order chi connectivity index (χ1) is 11.9. The van der Waals surface area contributed by atoms with E-state index in [9.17, 15) is 18.4 Å². The largest absolute Gasteiger partial charge is 0.481 e. The smallest absolute Gasteiger partial charge is 0.305 e. The fourth-order valence-corrected chi connectivity index (χ4v) is 2.46. The van der Waals surface area contributed by atoms with Crippen molar-refractivity contribution in [2.45, 2.75) is 26.3 Å². The highest BCUT2D eigenvalue weighted by Gasteiger charge is 2.17. The van der Waals surface area contributed by atoms with Crippen molar-refractivity contribution < 1.29 is 23.5 Å². The van der Waals surface area contributed by atoms with Crippen molar-refractivity contribution in [3.63, 3.8) is 0 Å². The van der Waals surface area contributed by atoms with Crippen molar-refractivity contribution in [2.24, 2.45) is 0 Å². The molecule has 0 atom stereocenters. The van der Waals surface area contributed by atoms with Crippen LogP contribution in [-0.2, 0) is 22.6 Å². The van der Waals surface area contributed by atoms with Crippen LogP contribution in [0.15, 0.2) is 42.5 Å². The third-order valence-electron chi connectivity index (χ3n) is 3.91. The first-order valence-electron chi connectivity index (χ1n) is 7.85. The molecule has 132 valence electrons. The summed E-state index contributed by atoms with van der Waals surface area (Å²) in [6, 6.07) is 10.8. The highest BCUT2D eigenvalue weighted by atomic mass is 19.2. The molecule has 2 aromatic carbocycles. The van der Waals surface area contributed by atoms with Crippen LogP contribution in [-0.4, -0.2) is 28.4 Å². The van der Waals surface area contributed by atoms with Crippen molar-refractivity contribution in [2.75, 3.05) is 6.54 Å². The molecule has 1 N–H and O–H groups in total. The molecule has 0 bridgehead atoms. The number of carbonyl (C=O) groups is 2. The summed E-state index contributed by atoms with van der Waals surface area (Å²) in [4.78, 5) is 24.8. The summed E-state index contributed by atoms with van der Waals surface area (Å²) < 4.78 is 26.4. The van der Waals surface area contributed by atoms with Crippen molar-refractivity contribution in [1.82, 2.24) is 4.90 Å². The molecule has 0 aromatic heterocycles. The van der Waals surface area contributed by atoms with Crippen molar-refractivity contribution in [3.8, 4) is 0 Å². The SMILES string of the molecule is Cc1ccccc1CC(=O)N(CCC(=O)O)Cc1ccc(F)c(F)c1. The number of benzene rings is 2. The van der Waals surface area contributed by atoms with Crippen molar-refractivity contribution in [1.29, 1.82) is 0 Å². The molecule has 0 saturated heterocycles. The molecule has 2 rings (SSSR count). The molecule has 25 heavy (non-hydrogen) atoms. The number of halogens is 2. The first kappa shape index (κ1) is 18.6. The van der Waals surface area contributed by atoms with Crippen LogP contribution < -0.4 is 0 Å². The number of carboxylic acid groups (broad SMARTS) is 1. The number of aliphatic carboxylic acids is 1. The normalized spacial score (nSPS) is 10.5. The molecule has 0 unspecified atom stereocenters. The number of amides is 1. The Hall–Kier alpha value is -2.76. The van der Waals surface area contributed by atoms with Crippen LogP contribution in [0, 0.1) is 18.6 Å². The van der Waals surface area contributed by atoms with Gasteiger partial charge in [0.1, 0.15) is 0 Å². The third-order valence-corrected chi connectivity index (χ3v) is 3.91. The van der Waals surface area contributed by atoms with Crippen LogP contribution in [0.1, 0.15) is 23.1 Å². The number of carboxylic acids is 1. The van der Waals surface area contributed by atoms with Crippen LogP contribution >= 0.6 is 0 Å². The molecule has 0 fully saturated rings. The van der Waals surface area contributed by atoms with Crippen molar-refractivity contribution >= 4 is 11.9 Å². The molecular formula is C19H19F2NO3. The van der Waals surface area contributed by atoms with E-state index in [-0.39, 0.29) is 31.8 Å². The molecule has 6 heteroatoms. The van der Waals surface area contributed by atoms with E-state index in [2.05, 4.69) is 0 Å². The molecule has 0 aliphatic carbocycles. The molecule has 4 nitrogen and oxygen atoms in total. The topological polar surface area (TPSA) is 57.6 Å². The number of carbonyl (C=O) groups excluding carboxylic acids is 1. The number of nitrogens with zero attached hydrogens (tertiary/aromatic N) is 1. The zero-order chi connectivity index (χ0) is 18.4. The lowest BCUT2D eigenvalue weighted by Crippen LogP contribution is -2.34. The van der Waals surface area contributed by atoms with Gasteiger partial charge in [0.25, 0.3) is 0 Å². The van der Waals surface area contributed by atoms with Gasteiger partial charge in [0.15, 0.2) is 11.6 Å². The maximum absolute atomic E-state index is 13.4. The molecule has 0 saturated carbocycles. The van der Waals surface area contributed by atoms with Gasteiger partial charge in [-0.15, -0.1) is 0 Å². The summed E-state index contributed by atoms with van der Waals surface area (Å²) in [5.41, 5.74) is 2.21. The average molecular weight is 347 g/mol. The summed E-state index contributed by atoms with van der Waals surface area (Å²) in [5.74, 6) is -3.26. The fourth-order valence-electron chi connectivity index (χ4n) is 2.46. The predicted octanol–water partition coefficient (Wildman–Crippen LogP) is 3.32. The van der Waals surface area contributed by atoms with Crippen LogP contribution in [0.2, 0.25) is 0 Å².